The minimum Gasteiger partial charge on any atom is -0.484 e. The van der Waals surface area contributed by atoms with Crippen molar-refractivity contribution in [2.45, 2.75) is 82.5 Å². The van der Waals surface area contributed by atoms with Crippen molar-refractivity contribution in [3.63, 3.8) is 0 Å². The lowest BCUT2D eigenvalue weighted by molar-refractivity contribution is -0.192. The van der Waals surface area contributed by atoms with Crippen molar-refractivity contribution in [1.29, 1.82) is 0 Å². The molecule has 12 nitrogen and oxygen atoms in total. The van der Waals surface area contributed by atoms with Crippen LogP contribution in [-0.2, 0) is 36.8 Å². The number of carbonyl (C=O) groups is 5. The maximum Gasteiger partial charge on any atom is 0.490 e. The summed E-state index contributed by atoms with van der Waals surface area (Å²) in [4.78, 5) is 55.4. The predicted molar refractivity (Wildman–Crippen MR) is 265 cm³/mol. The Hall–Kier alpha value is -4.91. The molecule has 2 fully saturated rings. The van der Waals surface area contributed by atoms with Gasteiger partial charge in [-0.05, 0) is 141 Å². The number of nitrogens with two attached hydrogens (primary N) is 1. The molecule has 22 heteroatoms. The molecule has 0 atom stereocenters. The zero-order valence-corrected chi connectivity index (χ0v) is 41.2. The van der Waals surface area contributed by atoms with E-state index in [1.807, 2.05) is 12.1 Å². The van der Waals surface area contributed by atoms with Gasteiger partial charge in [0.15, 0.2) is 13.2 Å². The molecule has 4 aromatic rings. The lowest BCUT2D eigenvalue weighted by Crippen LogP contribution is -2.41. The molecule has 4 aromatic carbocycles. The highest BCUT2D eigenvalue weighted by Gasteiger charge is 2.38. The topological polar surface area (TPSA) is 186 Å². The highest BCUT2D eigenvalue weighted by molar-refractivity contribution is 6.63. The molecule has 0 unspecified atom stereocenters. The Balaban J connectivity index is 0.00000106. The van der Waals surface area contributed by atoms with Gasteiger partial charge in [0.05, 0.1) is 16.5 Å². The van der Waals surface area contributed by atoms with Crippen molar-refractivity contribution >= 4 is 86.9 Å². The van der Waals surface area contributed by atoms with Crippen LogP contribution in [0, 0.1) is 23.5 Å². The fraction of sp³-hybridized carbons (Fsp3) is 0.396. The average Bonchev–Trinajstić information content (AvgIpc) is 3.31. The summed E-state index contributed by atoms with van der Waals surface area (Å²) in [6, 6.07) is 22.7. The van der Waals surface area contributed by atoms with Gasteiger partial charge in [0.1, 0.15) is 23.1 Å². The number of rotatable bonds is 15. The van der Waals surface area contributed by atoms with E-state index in [4.69, 9.17) is 83.1 Å². The molecule has 2 saturated carbocycles. The number of hydrogen-bond acceptors (Lipinski definition) is 8. The molecule has 0 saturated heterocycles. The SMILES string of the molecule is NCC1CCC(NC(=O)COc2ccc(Cl)c(F)c2)CC1.O=C(Cc1ccc(Cl)cc1)NCC1CCC(NC(=O)COc2ccc(Cl)c(F)c2)CC1.O=C(Cl)Cc1ccc(Cl)cc1.O=C(O)C(F)(F)F.[HH].[HH].[HH]. The highest BCUT2D eigenvalue weighted by atomic mass is 35.5. The number of alkyl halides is 3. The Bertz CT molecular complexity index is 2320. The van der Waals surface area contributed by atoms with Gasteiger partial charge in [-0.15, -0.1) is 0 Å². The van der Waals surface area contributed by atoms with Crippen molar-refractivity contribution in [3.05, 3.63) is 128 Å². The van der Waals surface area contributed by atoms with Crippen LogP contribution in [-0.4, -0.2) is 78.6 Å². The van der Waals surface area contributed by atoms with Crippen molar-refractivity contribution in [2.75, 3.05) is 26.3 Å². The first-order valence-electron chi connectivity index (χ1n) is 21.8. The van der Waals surface area contributed by atoms with E-state index in [9.17, 15) is 41.1 Å². The molecule has 0 bridgehead atoms. The first-order chi connectivity index (χ1) is 33.1. The molecule has 0 spiro atoms. The number of hydrogen-bond donors (Lipinski definition) is 5. The van der Waals surface area contributed by atoms with Crippen LogP contribution in [0.1, 0.15) is 66.8 Å². The maximum absolute atomic E-state index is 13.4. The molecule has 0 aliphatic heterocycles. The summed E-state index contributed by atoms with van der Waals surface area (Å²) < 4.78 is 68.9. The van der Waals surface area contributed by atoms with Gasteiger partial charge in [-0.2, -0.15) is 13.2 Å². The zero-order valence-electron chi connectivity index (χ0n) is 37.5. The van der Waals surface area contributed by atoms with E-state index in [0.717, 1.165) is 68.6 Å². The molecule has 388 valence electrons. The fourth-order valence-corrected chi connectivity index (χ4v) is 7.54. The van der Waals surface area contributed by atoms with Crippen LogP contribution < -0.4 is 31.2 Å². The number of halogens is 10. The number of nitrogens with one attached hydrogen (secondary N) is 3. The van der Waals surface area contributed by atoms with Crippen LogP contribution in [0.15, 0.2) is 84.9 Å². The molecule has 3 amide bonds. The van der Waals surface area contributed by atoms with E-state index < -0.39 is 23.8 Å². The van der Waals surface area contributed by atoms with Gasteiger partial charge in [0.2, 0.25) is 11.1 Å². The zero-order chi connectivity index (χ0) is 51.8. The van der Waals surface area contributed by atoms with Crippen LogP contribution in [0.25, 0.3) is 0 Å². The molecule has 0 aromatic heterocycles. The summed E-state index contributed by atoms with van der Waals surface area (Å²) in [5, 5.41) is 17.0. The maximum atomic E-state index is 13.4. The van der Waals surface area contributed by atoms with Crippen LogP contribution in [0.4, 0.5) is 22.0 Å². The van der Waals surface area contributed by atoms with Crippen molar-refractivity contribution in [3.8, 4) is 11.5 Å². The van der Waals surface area contributed by atoms with Crippen molar-refractivity contribution in [1.82, 2.24) is 16.0 Å². The number of aliphatic carboxylic acids is 1. The number of carbonyl (C=O) groups excluding carboxylic acids is 4. The Morgan fingerprint density at radius 2 is 1.00 bits per heavy atom. The monoisotopic (exact) mass is 1090 g/mol. The molecular weight excluding hydrogens is 1030 g/mol. The Morgan fingerprint density at radius 1 is 0.614 bits per heavy atom. The van der Waals surface area contributed by atoms with Gasteiger partial charge < -0.3 is 36.3 Å². The van der Waals surface area contributed by atoms with E-state index in [2.05, 4.69) is 16.0 Å². The van der Waals surface area contributed by atoms with Crippen LogP contribution in [0.2, 0.25) is 20.1 Å². The molecule has 6 rings (SSSR count). The van der Waals surface area contributed by atoms with Crippen LogP contribution in [0.5, 0.6) is 11.5 Å². The number of amides is 3. The number of carboxylic acids is 1. The van der Waals surface area contributed by atoms with E-state index in [0.29, 0.717) is 47.1 Å². The van der Waals surface area contributed by atoms with Gasteiger partial charge in [0, 0.05) is 51.5 Å². The van der Waals surface area contributed by atoms with Gasteiger partial charge >= 0.3 is 12.1 Å². The standard InChI is InChI=1S/C23H25Cl2FN2O3.C15H20ClFN2O2.C8H6Cl2O.C2HF3O2.3H2/c24-17-5-1-15(2-6-17)11-22(29)27-13-16-3-7-18(8-4-16)28-23(30)14-31-19-9-10-20(25)21(26)12-19;16-13-6-5-12(7-14(13)17)21-9-15(20)19-11-3-1-10(8-18)2-4-11;9-7-3-1-6(2-4-7)5-8(10)11;3-2(4,5)1(6)7;;;/h1-2,5-6,9-10,12,16,18H,3-4,7-8,11,13-14H2,(H,27,29)(H,28,30);5-7,10-11H,1-4,8-9,18H2,(H,19,20);1-4H,5H2;(H,6,7);3*1H. The minimum atomic E-state index is -5.08. The molecule has 0 radical (unpaired) electrons. The molecule has 6 N–H and O–H groups in total. The van der Waals surface area contributed by atoms with Crippen molar-refractivity contribution in [2.24, 2.45) is 17.6 Å². The average molecular weight is 1090 g/mol. The Labute approximate surface area is 431 Å². The third-order valence-corrected chi connectivity index (χ3v) is 11.9. The van der Waals surface area contributed by atoms with E-state index in [-0.39, 0.29) is 74.8 Å². The smallest absolute Gasteiger partial charge is 0.484 e. The third kappa shape index (κ3) is 24.3. The lowest BCUT2D eigenvalue weighted by Gasteiger charge is -2.29. The summed E-state index contributed by atoms with van der Waals surface area (Å²) in [6.45, 7) is 1.05. The van der Waals surface area contributed by atoms with Gasteiger partial charge in [-0.25, -0.2) is 13.6 Å². The first kappa shape index (κ1) is 59.4. The molecule has 0 heterocycles. The van der Waals surface area contributed by atoms with Gasteiger partial charge in [-0.3, -0.25) is 19.2 Å². The molecule has 2 aliphatic carbocycles. The summed E-state index contributed by atoms with van der Waals surface area (Å²) in [7, 11) is 0. The predicted octanol–water partition coefficient (Wildman–Crippen LogP) is 11.1. The lowest BCUT2D eigenvalue weighted by atomic mass is 9.86. The second-order valence-corrected chi connectivity index (χ2v) is 18.2. The van der Waals surface area contributed by atoms with Crippen molar-refractivity contribution < 1.29 is 64.8 Å². The second kappa shape index (κ2) is 30.7. The van der Waals surface area contributed by atoms with Gasteiger partial charge in [-0.1, -0.05) is 70.7 Å². The fourth-order valence-electron chi connectivity index (χ4n) is 6.89. The summed E-state index contributed by atoms with van der Waals surface area (Å²) in [5.41, 5.74) is 7.45. The quantitative estimate of drug-likeness (QED) is 0.0571. The second-order valence-electron chi connectivity index (χ2n) is 16.1. The van der Waals surface area contributed by atoms with Gasteiger partial charge in [0.25, 0.3) is 11.8 Å². The molecule has 70 heavy (non-hydrogen) atoms. The molecular formula is C48H58Cl5F5N4O8. The summed E-state index contributed by atoms with van der Waals surface area (Å²) >= 11 is 27.9. The van der Waals surface area contributed by atoms with E-state index in [1.165, 1.54) is 30.3 Å². The normalized spacial score (nSPS) is 17.3. The number of benzene rings is 4. The Kier molecular flexibility index (Phi) is 26.1. The number of carboxylic acid groups (broad SMARTS) is 1. The molecule has 2 aliphatic rings. The Morgan fingerprint density at radius 3 is 1.36 bits per heavy atom. The highest BCUT2D eigenvalue weighted by Crippen LogP contribution is 2.26. The largest absolute Gasteiger partial charge is 0.490 e. The van der Waals surface area contributed by atoms with Crippen LogP contribution in [0.3, 0.4) is 0 Å². The van der Waals surface area contributed by atoms with Crippen LogP contribution >= 0.6 is 58.0 Å². The first-order valence-corrected chi connectivity index (χ1v) is 23.7. The summed E-state index contributed by atoms with van der Waals surface area (Å²) in [5.74, 6) is -2.82. The number of ether oxygens (including phenoxy) is 2. The van der Waals surface area contributed by atoms with E-state index >= 15 is 0 Å². The summed E-state index contributed by atoms with van der Waals surface area (Å²) in [6.07, 6.45) is 3.05. The minimum absolute atomic E-state index is 0. The van der Waals surface area contributed by atoms with E-state index in [1.54, 1.807) is 36.4 Å². The third-order valence-electron chi connectivity index (χ3n) is 10.6.